The van der Waals surface area contributed by atoms with Crippen molar-refractivity contribution in [2.45, 2.75) is 13.8 Å². The lowest BCUT2D eigenvalue weighted by atomic mass is 10.1. The van der Waals surface area contributed by atoms with E-state index in [-0.39, 0.29) is 5.91 Å². The summed E-state index contributed by atoms with van der Waals surface area (Å²) in [5, 5.41) is 0. The van der Waals surface area contributed by atoms with E-state index >= 15 is 0 Å². The van der Waals surface area contributed by atoms with Gasteiger partial charge in [0.15, 0.2) is 6.67 Å². The first kappa shape index (κ1) is 16.9. The molecular weight excluding hydrogens is 326 g/mol. The molecule has 26 heavy (non-hydrogen) atoms. The molecule has 2 aromatic rings. The number of nitrogens with zero attached hydrogens (tertiary/aromatic N) is 2. The van der Waals surface area contributed by atoms with E-state index in [2.05, 4.69) is 12.1 Å². The summed E-state index contributed by atoms with van der Waals surface area (Å²) in [6.07, 6.45) is 0. The minimum atomic E-state index is -0.00663. The summed E-state index contributed by atoms with van der Waals surface area (Å²) in [5.74, 6) is -0.00663. The summed E-state index contributed by atoms with van der Waals surface area (Å²) in [4.78, 5) is 21.2. The molecular formula is C21H24N3O2+. The number of benzene rings is 2. The van der Waals surface area contributed by atoms with Crippen molar-refractivity contribution in [1.29, 1.82) is 0 Å². The summed E-state index contributed by atoms with van der Waals surface area (Å²) in [5.41, 5.74) is 5.50. The van der Waals surface area contributed by atoms with Crippen molar-refractivity contribution in [2.75, 3.05) is 37.9 Å². The summed E-state index contributed by atoms with van der Waals surface area (Å²) < 4.78 is 5.44. The van der Waals surface area contributed by atoms with E-state index in [9.17, 15) is 4.79 Å². The van der Waals surface area contributed by atoms with Gasteiger partial charge in [0.1, 0.15) is 18.8 Å². The van der Waals surface area contributed by atoms with Crippen LogP contribution in [0.4, 0.5) is 11.4 Å². The fourth-order valence-corrected chi connectivity index (χ4v) is 3.54. The number of nitrogens with one attached hydrogen (secondary N) is 1. The highest BCUT2D eigenvalue weighted by atomic mass is 16.5. The first-order chi connectivity index (χ1) is 12.6. The number of para-hydroxylation sites is 1. The second-order valence-electron chi connectivity index (χ2n) is 7.02. The first-order valence-electron chi connectivity index (χ1n) is 9.12. The highest BCUT2D eigenvalue weighted by Gasteiger charge is 2.36. The zero-order valence-electron chi connectivity index (χ0n) is 15.3. The summed E-state index contributed by atoms with van der Waals surface area (Å²) >= 11 is 0. The molecule has 0 bridgehead atoms. The Hall–Kier alpha value is -2.50. The van der Waals surface area contributed by atoms with E-state index in [4.69, 9.17) is 9.73 Å². The smallest absolute Gasteiger partial charge is 0.281 e. The van der Waals surface area contributed by atoms with E-state index in [0.717, 1.165) is 54.4 Å². The van der Waals surface area contributed by atoms with Gasteiger partial charge < -0.3 is 9.64 Å². The number of morpholine rings is 1. The third-order valence-corrected chi connectivity index (χ3v) is 5.08. The number of rotatable bonds is 3. The van der Waals surface area contributed by atoms with Gasteiger partial charge in [0.25, 0.3) is 5.91 Å². The molecule has 0 aliphatic carbocycles. The van der Waals surface area contributed by atoms with Crippen molar-refractivity contribution in [3.05, 3.63) is 59.2 Å². The molecule has 5 heteroatoms. The van der Waals surface area contributed by atoms with Gasteiger partial charge in [0.05, 0.1) is 24.6 Å². The van der Waals surface area contributed by atoms with Gasteiger partial charge in [0.2, 0.25) is 0 Å². The topological polar surface area (TPSA) is 46.3 Å². The maximum absolute atomic E-state index is 13.2. The molecule has 1 N–H and O–H groups in total. The average molecular weight is 350 g/mol. The number of carbonyl (C=O) groups is 1. The van der Waals surface area contributed by atoms with Crippen LogP contribution in [-0.4, -0.2) is 44.6 Å². The molecule has 0 atom stereocenters. The van der Waals surface area contributed by atoms with Crippen LogP contribution in [0, 0.1) is 13.8 Å². The van der Waals surface area contributed by atoms with Gasteiger partial charge in [-0.2, -0.15) is 0 Å². The van der Waals surface area contributed by atoms with Crippen LogP contribution in [0.3, 0.4) is 0 Å². The van der Waals surface area contributed by atoms with Crippen LogP contribution in [0.25, 0.3) is 0 Å². The number of amides is 1. The molecule has 2 heterocycles. The number of carbonyl (C=O) groups excluding carboxylic acids is 1. The Balaban J connectivity index is 1.73. The number of aryl methyl sites for hydroxylation is 2. The van der Waals surface area contributed by atoms with Crippen molar-refractivity contribution < 1.29 is 14.4 Å². The average Bonchev–Trinajstić information content (AvgIpc) is 2.89. The van der Waals surface area contributed by atoms with E-state index in [1.807, 2.05) is 49.1 Å². The van der Waals surface area contributed by atoms with Gasteiger partial charge in [-0.05, 0) is 37.6 Å². The Bertz CT molecular complexity index is 869. The van der Waals surface area contributed by atoms with Gasteiger partial charge >= 0.3 is 0 Å². The van der Waals surface area contributed by atoms with Gasteiger partial charge in [-0.15, -0.1) is 0 Å². The monoisotopic (exact) mass is 350 g/mol. The van der Waals surface area contributed by atoms with E-state index in [1.165, 1.54) is 4.90 Å². The SMILES string of the molecule is Cc1ccc2c(c1)C(=Nc1ccccc1C)C(=O)N2C[NH+]1CCOCC1. The summed E-state index contributed by atoms with van der Waals surface area (Å²) in [7, 11) is 0. The van der Waals surface area contributed by atoms with Crippen molar-refractivity contribution >= 4 is 23.0 Å². The Kier molecular flexibility index (Phi) is 4.57. The quantitative estimate of drug-likeness (QED) is 0.915. The Labute approximate surface area is 153 Å². The van der Waals surface area contributed by atoms with Crippen LogP contribution in [-0.2, 0) is 9.53 Å². The zero-order valence-corrected chi connectivity index (χ0v) is 15.3. The number of fused-ring (bicyclic) bond motifs is 1. The van der Waals surface area contributed by atoms with Gasteiger partial charge in [-0.3, -0.25) is 9.69 Å². The number of hydrogen-bond donors (Lipinski definition) is 1. The highest BCUT2D eigenvalue weighted by Crippen LogP contribution is 2.31. The standard InChI is InChI=1S/C21H23N3O2/c1-15-7-8-19-17(13-15)20(22-18-6-4-3-5-16(18)2)21(25)24(19)14-23-9-11-26-12-10-23/h3-8,13H,9-12,14H2,1-2H3/p+1. The minimum absolute atomic E-state index is 0.00663. The Morgan fingerprint density at radius 2 is 1.88 bits per heavy atom. The van der Waals surface area contributed by atoms with Crippen molar-refractivity contribution in [2.24, 2.45) is 4.99 Å². The maximum Gasteiger partial charge on any atom is 0.281 e. The normalized spacial score (nSPS) is 19.2. The molecule has 1 fully saturated rings. The van der Waals surface area contributed by atoms with E-state index < -0.39 is 0 Å². The second kappa shape index (κ2) is 7.02. The molecule has 2 aliphatic heterocycles. The molecule has 4 rings (SSSR count). The van der Waals surface area contributed by atoms with Gasteiger partial charge in [-0.25, -0.2) is 4.99 Å². The molecule has 2 aromatic carbocycles. The maximum atomic E-state index is 13.2. The van der Waals surface area contributed by atoms with Crippen LogP contribution in [0.1, 0.15) is 16.7 Å². The van der Waals surface area contributed by atoms with Crippen LogP contribution in [0.5, 0.6) is 0 Å². The van der Waals surface area contributed by atoms with Crippen LogP contribution >= 0.6 is 0 Å². The molecule has 5 nitrogen and oxygen atoms in total. The zero-order chi connectivity index (χ0) is 18.1. The van der Waals surface area contributed by atoms with Crippen LogP contribution in [0.15, 0.2) is 47.5 Å². The fraction of sp³-hybridized carbons (Fsp3) is 0.333. The lowest BCUT2D eigenvalue weighted by Crippen LogP contribution is -3.15. The molecule has 1 amide bonds. The fourth-order valence-electron chi connectivity index (χ4n) is 3.54. The number of aliphatic imine (C=N–C) groups is 1. The highest BCUT2D eigenvalue weighted by molar-refractivity contribution is 6.54. The molecule has 0 aromatic heterocycles. The largest absolute Gasteiger partial charge is 0.370 e. The van der Waals surface area contributed by atoms with Crippen LogP contribution in [0.2, 0.25) is 0 Å². The van der Waals surface area contributed by atoms with E-state index in [1.54, 1.807) is 0 Å². The predicted molar refractivity (Wildman–Crippen MR) is 102 cm³/mol. The number of anilines is 1. The molecule has 0 saturated carbocycles. The molecule has 0 unspecified atom stereocenters. The molecule has 134 valence electrons. The number of ether oxygens (including phenoxy) is 1. The predicted octanol–water partition coefficient (Wildman–Crippen LogP) is 1.64. The summed E-state index contributed by atoms with van der Waals surface area (Å²) in [6, 6.07) is 14.1. The summed E-state index contributed by atoms with van der Waals surface area (Å²) in [6.45, 7) is 8.08. The molecule has 1 saturated heterocycles. The lowest BCUT2D eigenvalue weighted by Gasteiger charge is -2.28. The first-order valence-corrected chi connectivity index (χ1v) is 9.12. The molecule has 2 aliphatic rings. The lowest BCUT2D eigenvalue weighted by molar-refractivity contribution is -0.906. The van der Waals surface area contributed by atoms with Crippen molar-refractivity contribution in [1.82, 2.24) is 0 Å². The third kappa shape index (κ3) is 3.16. The Morgan fingerprint density at radius 3 is 2.65 bits per heavy atom. The van der Waals surface area contributed by atoms with E-state index in [0.29, 0.717) is 12.4 Å². The molecule has 0 spiro atoms. The number of hydrogen-bond acceptors (Lipinski definition) is 3. The van der Waals surface area contributed by atoms with Gasteiger partial charge in [0, 0.05) is 5.56 Å². The van der Waals surface area contributed by atoms with Crippen molar-refractivity contribution in [3.8, 4) is 0 Å². The second-order valence-corrected chi connectivity index (χ2v) is 7.02. The third-order valence-electron chi connectivity index (χ3n) is 5.08. The van der Waals surface area contributed by atoms with Gasteiger partial charge in [-0.1, -0.05) is 29.8 Å². The van der Waals surface area contributed by atoms with Crippen LogP contribution < -0.4 is 9.80 Å². The Morgan fingerprint density at radius 1 is 1.12 bits per heavy atom. The minimum Gasteiger partial charge on any atom is -0.370 e. The van der Waals surface area contributed by atoms with Crippen molar-refractivity contribution in [3.63, 3.8) is 0 Å². The number of quaternary nitrogens is 1. The molecule has 0 radical (unpaired) electrons.